The van der Waals surface area contributed by atoms with Gasteiger partial charge in [-0.05, 0) is 37.5 Å². The number of carbonyl (C=O) groups excluding carboxylic acids is 2. The molecule has 1 unspecified atom stereocenters. The highest BCUT2D eigenvalue weighted by Crippen LogP contribution is 2.14. The monoisotopic (exact) mass is 289 g/mol. The molecule has 1 aliphatic heterocycles. The second kappa shape index (κ2) is 7.22. The van der Waals surface area contributed by atoms with E-state index in [9.17, 15) is 9.59 Å². The third-order valence-corrected chi connectivity index (χ3v) is 3.65. The molecular weight excluding hydrogens is 266 g/mol. The van der Waals surface area contributed by atoms with Crippen molar-refractivity contribution in [3.8, 4) is 0 Å². The SMILES string of the molecule is CCCNC(=O)c1cccc(C(=O)N2CCCC(N)C2)c1. The first-order valence-corrected chi connectivity index (χ1v) is 7.55. The summed E-state index contributed by atoms with van der Waals surface area (Å²) in [4.78, 5) is 26.2. The molecule has 1 aromatic rings. The first kappa shape index (κ1) is 15.5. The topological polar surface area (TPSA) is 75.4 Å². The Morgan fingerprint density at radius 2 is 2.14 bits per heavy atom. The quantitative estimate of drug-likeness (QED) is 0.879. The van der Waals surface area contributed by atoms with Crippen molar-refractivity contribution in [1.82, 2.24) is 10.2 Å². The number of hydrogen-bond acceptors (Lipinski definition) is 3. The minimum absolute atomic E-state index is 0.0460. The summed E-state index contributed by atoms with van der Waals surface area (Å²) < 4.78 is 0. The number of hydrogen-bond donors (Lipinski definition) is 2. The van der Waals surface area contributed by atoms with Crippen LogP contribution in [0.15, 0.2) is 24.3 Å². The van der Waals surface area contributed by atoms with E-state index in [-0.39, 0.29) is 17.9 Å². The van der Waals surface area contributed by atoms with Crippen LogP contribution in [0.25, 0.3) is 0 Å². The molecule has 0 aromatic heterocycles. The summed E-state index contributed by atoms with van der Waals surface area (Å²) in [6.07, 6.45) is 2.78. The van der Waals surface area contributed by atoms with Crippen LogP contribution in [-0.4, -0.2) is 42.4 Å². The van der Waals surface area contributed by atoms with E-state index in [0.29, 0.717) is 24.2 Å². The van der Waals surface area contributed by atoms with E-state index < -0.39 is 0 Å². The van der Waals surface area contributed by atoms with Gasteiger partial charge in [0.1, 0.15) is 0 Å². The van der Waals surface area contributed by atoms with E-state index in [1.165, 1.54) is 0 Å². The maximum atomic E-state index is 12.5. The molecule has 114 valence electrons. The fourth-order valence-electron chi connectivity index (χ4n) is 2.51. The highest BCUT2D eigenvalue weighted by Gasteiger charge is 2.22. The van der Waals surface area contributed by atoms with Gasteiger partial charge in [-0.2, -0.15) is 0 Å². The standard InChI is InChI=1S/C16H23N3O2/c1-2-8-18-15(20)12-5-3-6-13(10-12)16(21)19-9-4-7-14(17)11-19/h3,5-6,10,14H,2,4,7-9,11,17H2,1H3,(H,18,20). The van der Waals surface area contributed by atoms with Gasteiger partial charge in [0.05, 0.1) is 0 Å². The summed E-state index contributed by atoms with van der Waals surface area (Å²) in [5.41, 5.74) is 6.99. The van der Waals surface area contributed by atoms with Crippen molar-refractivity contribution in [2.45, 2.75) is 32.2 Å². The maximum absolute atomic E-state index is 12.5. The van der Waals surface area contributed by atoms with Crippen LogP contribution in [-0.2, 0) is 0 Å². The number of piperidine rings is 1. The van der Waals surface area contributed by atoms with Crippen molar-refractivity contribution in [2.75, 3.05) is 19.6 Å². The Morgan fingerprint density at radius 3 is 2.86 bits per heavy atom. The Balaban J connectivity index is 2.09. The van der Waals surface area contributed by atoms with Crippen LogP contribution in [0.1, 0.15) is 46.9 Å². The molecule has 1 atom stereocenters. The van der Waals surface area contributed by atoms with Crippen LogP contribution in [0.2, 0.25) is 0 Å². The molecule has 0 saturated carbocycles. The van der Waals surface area contributed by atoms with Gasteiger partial charge in [-0.15, -0.1) is 0 Å². The van der Waals surface area contributed by atoms with E-state index in [1.807, 2.05) is 6.92 Å². The lowest BCUT2D eigenvalue weighted by atomic mass is 10.0. The average Bonchev–Trinajstić information content (AvgIpc) is 2.52. The molecule has 1 aromatic carbocycles. The minimum atomic E-state index is -0.137. The van der Waals surface area contributed by atoms with E-state index in [1.54, 1.807) is 29.2 Å². The Bertz CT molecular complexity index is 516. The van der Waals surface area contributed by atoms with Crippen LogP contribution >= 0.6 is 0 Å². The van der Waals surface area contributed by atoms with E-state index >= 15 is 0 Å². The van der Waals surface area contributed by atoms with Gasteiger partial charge >= 0.3 is 0 Å². The fourth-order valence-corrected chi connectivity index (χ4v) is 2.51. The summed E-state index contributed by atoms with van der Waals surface area (Å²) >= 11 is 0. The van der Waals surface area contributed by atoms with E-state index in [2.05, 4.69) is 5.32 Å². The summed E-state index contributed by atoms with van der Waals surface area (Å²) in [6.45, 7) is 3.96. The fraction of sp³-hybridized carbons (Fsp3) is 0.500. The van der Waals surface area contributed by atoms with E-state index in [4.69, 9.17) is 5.73 Å². The molecule has 0 radical (unpaired) electrons. The van der Waals surface area contributed by atoms with Gasteiger partial charge < -0.3 is 16.0 Å². The molecule has 0 aliphatic carbocycles. The molecule has 0 bridgehead atoms. The third kappa shape index (κ3) is 4.04. The number of likely N-dealkylation sites (tertiary alicyclic amines) is 1. The Labute approximate surface area is 125 Å². The van der Waals surface area contributed by atoms with Crippen molar-refractivity contribution < 1.29 is 9.59 Å². The zero-order valence-corrected chi connectivity index (χ0v) is 12.5. The molecule has 0 spiro atoms. The largest absolute Gasteiger partial charge is 0.352 e. The van der Waals surface area contributed by atoms with Crippen LogP contribution in [0.5, 0.6) is 0 Å². The summed E-state index contributed by atoms with van der Waals surface area (Å²) in [5, 5.41) is 2.82. The first-order chi connectivity index (χ1) is 10.1. The van der Waals surface area contributed by atoms with Gasteiger partial charge in [-0.1, -0.05) is 13.0 Å². The predicted molar refractivity (Wildman–Crippen MR) is 82.2 cm³/mol. The lowest BCUT2D eigenvalue weighted by molar-refractivity contribution is 0.0709. The Hall–Kier alpha value is -1.88. The zero-order chi connectivity index (χ0) is 15.2. The van der Waals surface area contributed by atoms with Crippen LogP contribution in [0.4, 0.5) is 0 Å². The average molecular weight is 289 g/mol. The highest BCUT2D eigenvalue weighted by atomic mass is 16.2. The number of amides is 2. The first-order valence-electron chi connectivity index (χ1n) is 7.55. The molecule has 3 N–H and O–H groups in total. The molecule has 5 heteroatoms. The molecule has 5 nitrogen and oxygen atoms in total. The van der Waals surface area contributed by atoms with Crippen LogP contribution in [0, 0.1) is 0 Å². The summed E-state index contributed by atoms with van der Waals surface area (Å²) in [5.74, 6) is -0.183. The van der Waals surface area contributed by atoms with E-state index in [0.717, 1.165) is 25.8 Å². The Morgan fingerprint density at radius 1 is 1.38 bits per heavy atom. The second-order valence-electron chi connectivity index (χ2n) is 5.49. The lowest BCUT2D eigenvalue weighted by Gasteiger charge is -2.30. The van der Waals surface area contributed by atoms with Crippen molar-refractivity contribution in [3.63, 3.8) is 0 Å². The zero-order valence-electron chi connectivity index (χ0n) is 12.5. The third-order valence-electron chi connectivity index (χ3n) is 3.65. The molecule has 1 aliphatic rings. The second-order valence-corrected chi connectivity index (χ2v) is 5.49. The molecule has 1 saturated heterocycles. The number of benzene rings is 1. The lowest BCUT2D eigenvalue weighted by Crippen LogP contribution is -2.45. The number of rotatable bonds is 4. The van der Waals surface area contributed by atoms with Gasteiger partial charge in [0.2, 0.25) is 0 Å². The van der Waals surface area contributed by atoms with Crippen LogP contribution < -0.4 is 11.1 Å². The number of nitrogens with two attached hydrogens (primary N) is 1. The van der Waals surface area contributed by atoms with Gasteiger partial charge in [-0.3, -0.25) is 9.59 Å². The molecule has 21 heavy (non-hydrogen) atoms. The number of nitrogens with zero attached hydrogens (tertiary/aromatic N) is 1. The van der Waals surface area contributed by atoms with Gasteiger partial charge in [-0.25, -0.2) is 0 Å². The molecule has 2 amide bonds. The Kier molecular flexibility index (Phi) is 5.33. The molecule has 2 rings (SSSR count). The van der Waals surface area contributed by atoms with Crippen LogP contribution in [0.3, 0.4) is 0 Å². The maximum Gasteiger partial charge on any atom is 0.253 e. The van der Waals surface area contributed by atoms with Crippen molar-refractivity contribution in [3.05, 3.63) is 35.4 Å². The predicted octanol–water partition coefficient (Wildman–Crippen LogP) is 1.39. The molecule has 1 heterocycles. The van der Waals surface area contributed by atoms with Crippen molar-refractivity contribution >= 4 is 11.8 Å². The minimum Gasteiger partial charge on any atom is -0.352 e. The van der Waals surface area contributed by atoms with Gasteiger partial charge in [0.15, 0.2) is 0 Å². The number of carbonyl (C=O) groups is 2. The van der Waals surface area contributed by atoms with Crippen molar-refractivity contribution in [1.29, 1.82) is 0 Å². The smallest absolute Gasteiger partial charge is 0.253 e. The highest BCUT2D eigenvalue weighted by molar-refractivity contribution is 5.99. The summed E-state index contributed by atoms with van der Waals surface area (Å²) in [7, 11) is 0. The molecular formula is C16H23N3O2. The summed E-state index contributed by atoms with van der Waals surface area (Å²) in [6, 6.07) is 6.94. The van der Waals surface area contributed by atoms with Gasteiger partial charge in [0.25, 0.3) is 11.8 Å². The van der Waals surface area contributed by atoms with Gasteiger partial charge in [0, 0.05) is 36.8 Å². The normalized spacial score (nSPS) is 18.4. The molecule has 1 fully saturated rings. The van der Waals surface area contributed by atoms with Crippen molar-refractivity contribution in [2.24, 2.45) is 5.73 Å². The number of nitrogens with one attached hydrogen (secondary N) is 1.